The molecule has 1 N–H and O–H groups in total. The minimum Gasteiger partial charge on any atom is -0.497 e. The number of benzene rings is 1. The minimum absolute atomic E-state index is 0.0921. The van der Waals surface area contributed by atoms with Crippen LogP contribution < -0.4 is 10.1 Å². The second-order valence-electron chi connectivity index (χ2n) is 6.25. The van der Waals surface area contributed by atoms with E-state index in [1.54, 1.807) is 13.4 Å². The van der Waals surface area contributed by atoms with E-state index in [1.165, 1.54) is 5.56 Å². The zero-order valence-electron chi connectivity index (χ0n) is 14.4. The third-order valence-corrected chi connectivity index (χ3v) is 4.72. The summed E-state index contributed by atoms with van der Waals surface area (Å²) in [5.41, 5.74) is 3.50. The molecule has 1 atom stereocenters. The Balaban J connectivity index is 1.73. The van der Waals surface area contributed by atoms with Crippen LogP contribution in [0.15, 0.2) is 43.0 Å². The van der Waals surface area contributed by atoms with Crippen molar-refractivity contribution in [3.8, 4) is 5.75 Å². The van der Waals surface area contributed by atoms with Crippen molar-refractivity contribution >= 4 is 5.82 Å². The molecule has 6 heteroatoms. The number of hydrogen-bond acceptors (Lipinski definition) is 5. The largest absolute Gasteiger partial charge is 0.497 e. The lowest BCUT2D eigenvalue weighted by Gasteiger charge is -2.21. The van der Waals surface area contributed by atoms with Gasteiger partial charge in [-0.1, -0.05) is 12.1 Å². The smallest absolute Gasteiger partial charge is 0.135 e. The highest BCUT2D eigenvalue weighted by Crippen LogP contribution is 2.31. The maximum Gasteiger partial charge on any atom is 0.135 e. The molecule has 25 heavy (non-hydrogen) atoms. The summed E-state index contributed by atoms with van der Waals surface area (Å²) in [4.78, 5) is 13.5. The van der Waals surface area contributed by atoms with Gasteiger partial charge in [-0.25, -0.2) is 15.0 Å². The summed E-state index contributed by atoms with van der Waals surface area (Å²) in [5.74, 6) is 2.69. The molecule has 0 bridgehead atoms. The normalized spacial score (nSPS) is 14.2. The lowest BCUT2D eigenvalue weighted by Crippen LogP contribution is -2.18. The Morgan fingerprint density at radius 1 is 1.12 bits per heavy atom. The zero-order valence-corrected chi connectivity index (χ0v) is 14.4. The first kappa shape index (κ1) is 15.6. The van der Waals surface area contributed by atoms with E-state index in [9.17, 15) is 0 Å². The number of ether oxygens (including phenoxy) is 1. The highest BCUT2D eigenvalue weighted by atomic mass is 16.5. The first-order valence-corrected chi connectivity index (χ1v) is 8.46. The number of rotatable bonds is 5. The molecule has 4 rings (SSSR count). The van der Waals surface area contributed by atoms with Crippen molar-refractivity contribution in [1.82, 2.24) is 19.5 Å². The Morgan fingerprint density at radius 2 is 1.96 bits per heavy atom. The molecule has 1 aromatic carbocycles. The van der Waals surface area contributed by atoms with Crippen LogP contribution in [0.25, 0.3) is 0 Å². The summed E-state index contributed by atoms with van der Waals surface area (Å²) >= 11 is 0. The molecule has 0 aliphatic heterocycles. The summed E-state index contributed by atoms with van der Waals surface area (Å²) in [6.07, 6.45) is 8.61. The average Bonchev–Trinajstić information content (AvgIpc) is 3.29. The number of methoxy groups -OCH3 is 1. The van der Waals surface area contributed by atoms with Gasteiger partial charge >= 0.3 is 0 Å². The van der Waals surface area contributed by atoms with Gasteiger partial charge in [0.2, 0.25) is 0 Å². The Hall–Kier alpha value is -2.89. The van der Waals surface area contributed by atoms with E-state index in [0.29, 0.717) is 0 Å². The zero-order chi connectivity index (χ0) is 17.2. The highest BCUT2D eigenvalue weighted by Gasteiger charge is 2.23. The van der Waals surface area contributed by atoms with E-state index in [0.717, 1.165) is 47.9 Å². The third kappa shape index (κ3) is 2.95. The molecule has 3 aromatic rings. The van der Waals surface area contributed by atoms with Crippen LogP contribution in [0.4, 0.5) is 5.82 Å². The number of anilines is 1. The molecule has 1 unspecified atom stereocenters. The molecule has 0 radical (unpaired) electrons. The fourth-order valence-electron chi connectivity index (χ4n) is 3.37. The number of fused-ring (bicyclic) bond motifs is 1. The average molecular weight is 335 g/mol. The molecule has 0 saturated heterocycles. The molecule has 6 nitrogen and oxygen atoms in total. The number of nitrogens with one attached hydrogen (secondary N) is 1. The lowest BCUT2D eigenvalue weighted by atomic mass is 10.1. The maximum absolute atomic E-state index is 5.28. The van der Waals surface area contributed by atoms with Gasteiger partial charge in [-0.05, 0) is 37.0 Å². The van der Waals surface area contributed by atoms with E-state index in [1.807, 2.05) is 36.1 Å². The van der Waals surface area contributed by atoms with Crippen molar-refractivity contribution in [2.24, 2.45) is 7.05 Å². The van der Waals surface area contributed by atoms with Crippen LogP contribution in [-0.4, -0.2) is 26.6 Å². The van der Waals surface area contributed by atoms with Crippen LogP contribution in [0, 0.1) is 0 Å². The van der Waals surface area contributed by atoms with Gasteiger partial charge < -0.3 is 14.6 Å². The van der Waals surface area contributed by atoms with Gasteiger partial charge in [0.25, 0.3) is 0 Å². The minimum atomic E-state index is -0.0921. The van der Waals surface area contributed by atoms with Crippen molar-refractivity contribution < 1.29 is 4.74 Å². The molecule has 0 saturated carbocycles. The van der Waals surface area contributed by atoms with Crippen LogP contribution in [-0.2, 0) is 19.9 Å². The topological polar surface area (TPSA) is 64.9 Å². The van der Waals surface area contributed by atoms with Crippen LogP contribution in [0.2, 0.25) is 0 Å². The Labute approximate surface area is 146 Å². The molecule has 0 amide bonds. The molecule has 1 aliphatic carbocycles. The fourth-order valence-corrected chi connectivity index (χ4v) is 3.37. The van der Waals surface area contributed by atoms with Crippen molar-refractivity contribution in [2.45, 2.75) is 25.3 Å². The van der Waals surface area contributed by atoms with Gasteiger partial charge in [0.1, 0.15) is 29.8 Å². The van der Waals surface area contributed by atoms with Crippen molar-refractivity contribution in [2.75, 3.05) is 12.4 Å². The van der Waals surface area contributed by atoms with Gasteiger partial charge in [0, 0.05) is 30.7 Å². The van der Waals surface area contributed by atoms with Gasteiger partial charge in [-0.2, -0.15) is 0 Å². The van der Waals surface area contributed by atoms with Crippen LogP contribution in [0.3, 0.4) is 0 Å². The van der Waals surface area contributed by atoms with Crippen molar-refractivity contribution in [1.29, 1.82) is 0 Å². The van der Waals surface area contributed by atoms with Gasteiger partial charge in [0.05, 0.1) is 7.11 Å². The fraction of sp³-hybridized carbons (Fsp3) is 0.316. The monoisotopic (exact) mass is 335 g/mol. The first-order chi connectivity index (χ1) is 12.3. The number of imidazole rings is 1. The van der Waals surface area contributed by atoms with Crippen LogP contribution in [0.5, 0.6) is 5.75 Å². The molecule has 1 aliphatic rings. The maximum atomic E-state index is 5.28. The molecule has 2 heterocycles. The standard InChI is InChI=1S/C19H21N5O/c1-24-11-10-20-19(24)17(13-6-8-14(25-2)9-7-13)23-18-15-4-3-5-16(15)21-12-22-18/h6-12,17H,3-5H2,1-2H3,(H,21,22,23). The Bertz CT molecular complexity index is 872. The molecule has 128 valence electrons. The molecular weight excluding hydrogens is 314 g/mol. The van der Waals surface area contributed by atoms with Gasteiger partial charge in [0.15, 0.2) is 0 Å². The van der Waals surface area contributed by atoms with Crippen LogP contribution in [0.1, 0.15) is 35.1 Å². The van der Waals surface area contributed by atoms with Gasteiger partial charge in [-0.15, -0.1) is 0 Å². The van der Waals surface area contributed by atoms with E-state index < -0.39 is 0 Å². The summed E-state index contributed by atoms with van der Waals surface area (Å²) in [5, 5.41) is 3.60. The summed E-state index contributed by atoms with van der Waals surface area (Å²) in [6, 6.07) is 7.97. The van der Waals surface area contributed by atoms with Gasteiger partial charge in [-0.3, -0.25) is 0 Å². The second-order valence-corrected chi connectivity index (χ2v) is 6.25. The quantitative estimate of drug-likeness (QED) is 0.777. The Morgan fingerprint density at radius 3 is 2.68 bits per heavy atom. The number of aromatic nitrogens is 4. The molecule has 0 spiro atoms. The summed E-state index contributed by atoms with van der Waals surface area (Å²) in [7, 11) is 3.68. The predicted octanol–water partition coefficient (Wildman–Crippen LogP) is 2.91. The van der Waals surface area contributed by atoms with E-state index in [4.69, 9.17) is 4.74 Å². The Kier molecular flexibility index (Phi) is 4.09. The van der Waals surface area contributed by atoms with E-state index in [2.05, 4.69) is 32.4 Å². The summed E-state index contributed by atoms with van der Waals surface area (Å²) < 4.78 is 7.31. The van der Waals surface area contributed by atoms with Crippen molar-refractivity contribution in [3.05, 3.63) is 65.6 Å². The number of hydrogen-bond donors (Lipinski definition) is 1. The van der Waals surface area contributed by atoms with Crippen LogP contribution >= 0.6 is 0 Å². The lowest BCUT2D eigenvalue weighted by molar-refractivity contribution is 0.414. The molecular formula is C19H21N5O. The second kappa shape index (κ2) is 6.55. The highest BCUT2D eigenvalue weighted by molar-refractivity contribution is 5.51. The molecule has 0 fully saturated rings. The van der Waals surface area contributed by atoms with Crippen molar-refractivity contribution in [3.63, 3.8) is 0 Å². The third-order valence-electron chi connectivity index (χ3n) is 4.72. The number of nitrogens with zero attached hydrogens (tertiary/aromatic N) is 4. The first-order valence-electron chi connectivity index (χ1n) is 8.46. The summed E-state index contributed by atoms with van der Waals surface area (Å²) in [6.45, 7) is 0. The number of aryl methyl sites for hydroxylation is 2. The van der Waals surface area contributed by atoms with E-state index >= 15 is 0 Å². The SMILES string of the molecule is COc1ccc(C(Nc2ncnc3c2CCC3)c2nccn2C)cc1. The van der Waals surface area contributed by atoms with E-state index in [-0.39, 0.29) is 6.04 Å². The molecule has 2 aromatic heterocycles. The predicted molar refractivity (Wildman–Crippen MR) is 95.7 cm³/mol.